The van der Waals surface area contributed by atoms with Gasteiger partial charge in [-0.25, -0.2) is 9.67 Å². The van der Waals surface area contributed by atoms with Crippen LogP contribution in [-0.2, 0) is 6.42 Å². The molecule has 0 radical (unpaired) electrons. The molecule has 29 heavy (non-hydrogen) atoms. The van der Waals surface area contributed by atoms with Gasteiger partial charge in [-0.15, -0.1) is 16.4 Å². The molecule has 4 aromatic rings. The lowest BCUT2D eigenvalue weighted by Gasteiger charge is -2.04. The molecular formula is C22H21N5OS. The molecule has 1 N–H and O–H groups in total. The number of anilines is 1. The standard InChI is InChI=1S/C22H21N5OS/c1-14-8-7-11-18(12-14)27-16(3)20(25-26-27)21(28)24-22-23-15(2)19(29-22)13-17-9-5-4-6-10-17/h4-12H,13H2,1-3H3,(H,23,24,28). The first-order chi connectivity index (χ1) is 14.0. The van der Waals surface area contributed by atoms with Crippen molar-refractivity contribution in [2.24, 2.45) is 0 Å². The first-order valence-corrected chi connectivity index (χ1v) is 10.1. The van der Waals surface area contributed by atoms with Crippen LogP contribution >= 0.6 is 11.3 Å². The molecule has 146 valence electrons. The van der Waals surface area contributed by atoms with Crippen molar-refractivity contribution in [2.75, 3.05) is 5.32 Å². The zero-order valence-electron chi connectivity index (χ0n) is 16.5. The number of nitrogens with one attached hydrogen (secondary N) is 1. The zero-order chi connectivity index (χ0) is 20.4. The highest BCUT2D eigenvalue weighted by molar-refractivity contribution is 7.15. The number of thiazole rings is 1. The third kappa shape index (κ3) is 4.09. The first kappa shape index (κ1) is 19.0. The van der Waals surface area contributed by atoms with Crippen LogP contribution in [0.3, 0.4) is 0 Å². The largest absolute Gasteiger partial charge is 0.296 e. The first-order valence-electron chi connectivity index (χ1n) is 9.32. The van der Waals surface area contributed by atoms with Crippen LogP contribution in [0.1, 0.15) is 37.9 Å². The van der Waals surface area contributed by atoms with Crippen molar-refractivity contribution in [1.29, 1.82) is 0 Å². The van der Waals surface area contributed by atoms with E-state index in [9.17, 15) is 4.79 Å². The summed E-state index contributed by atoms with van der Waals surface area (Å²) in [6.45, 7) is 5.82. The molecule has 0 aliphatic heterocycles. The molecule has 0 spiro atoms. The lowest BCUT2D eigenvalue weighted by Crippen LogP contribution is -2.14. The van der Waals surface area contributed by atoms with Crippen LogP contribution in [0.15, 0.2) is 54.6 Å². The fourth-order valence-corrected chi connectivity index (χ4v) is 4.12. The normalized spacial score (nSPS) is 10.9. The van der Waals surface area contributed by atoms with E-state index in [2.05, 4.69) is 32.7 Å². The number of hydrogen-bond donors (Lipinski definition) is 1. The number of benzene rings is 2. The molecule has 0 fully saturated rings. The van der Waals surface area contributed by atoms with E-state index in [1.54, 1.807) is 4.68 Å². The summed E-state index contributed by atoms with van der Waals surface area (Å²) in [5, 5.41) is 11.7. The van der Waals surface area contributed by atoms with E-state index in [0.29, 0.717) is 16.5 Å². The molecule has 0 aliphatic carbocycles. The van der Waals surface area contributed by atoms with Crippen LogP contribution in [0.2, 0.25) is 0 Å². The topological polar surface area (TPSA) is 72.7 Å². The fourth-order valence-electron chi connectivity index (χ4n) is 3.13. The van der Waals surface area contributed by atoms with Crippen molar-refractivity contribution in [3.63, 3.8) is 0 Å². The molecule has 6 nitrogen and oxygen atoms in total. The lowest BCUT2D eigenvalue weighted by atomic mass is 10.1. The zero-order valence-corrected chi connectivity index (χ0v) is 17.3. The summed E-state index contributed by atoms with van der Waals surface area (Å²) >= 11 is 1.49. The minimum atomic E-state index is -0.304. The summed E-state index contributed by atoms with van der Waals surface area (Å²) in [5.74, 6) is -0.304. The Morgan fingerprint density at radius 2 is 1.86 bits per heavy atom. The highest BCUT2D eigenvalue weighted by atomic mass is 32.1. The van der Waals surface area contributed by atoms with Crippen LogP contribution in [0.25, 0.3) is 5.69 Å². The number of aromatic nitrogens is 4. The molecular weight excluding hydrogens is 382 g/mol. The number of hydrogen-bond acceptors (Lipinski definition) is 5. The second kappa shape index (κ2) is 7.97. The van der Waals surface area contributed by atoms with Gasteiger partial charge in [-0.1, -0.05) is 47.7 Å². The predicted octanol–water partition coefficient (Wildman–Crippen LogP) is 4.49. The maximum atomic E-state index is 12.8. The molecule has 2 aromatic heterocycles. The van der Waals surface area contributed by atoms with Crippen molar-refractivity contribution >= 4 is 22.4 Å². The van der Waals surface area contributed by atoms with Gasteiger partial charge in [0.1, 0.15) is 0 Å². The SMILES string of the molecule is Cc1cccc(-n2nnc(C(=O)Nc3nc(C)c(Cc4ccccc4)s3)c2C)c1. The number of rotatable bonds is 5. The predicted molar refractivity (Wildman–Crippen MR) is 115 cm³/mol. The number of nitrogens with zero attached hydrogens (tertiary/aromatic N) is 4. The number of amides is 1. The van der Waals surface area contributed by atoms with Crippen LogP contribution in [0.5, 0.6) is 0 Å². The molecule has 7 heteroatoms. The van der Waals surface area contributed by atoms with Gasteiger partial charge in [-0.05, 0) is 44.0 Å². The van der Waals surface area contributed by atoms with E-state index in [4.69, 9.17) is 0 Å². The summed E-state index contributed by atoms with van der Waals surface area (Å²) in [5.41, 5.74) is 5.12. The Kier molecular flexibility index (Phi) is 5.22. The van der Waals surface area contributed by atoms with E-state index in [-0.39, 0.29) is 5.91 Å². The monoisotopic (exact) mass is 403 g/mol. The molecule has 0 saturated carbocycles. The molecule has 0 unspecified atom stereocenters. The summed E-state index contributed by atoms with van der Waals surface area (Å²) < 4.78 is 1.68. The van der Waals surface area contributed by atoms with Crippen molar-refractivity contribution < 1.29 is 4.79 Å². The van der Waals surface area contributed by atoms with E-state index < -0.39 is 0 Å². The molecule has 0 aliphatic rings. The maximum absolute atomic E-state index is 12.8. The fraction of sp³-hybridized carbons (Fsp3) is 0.182. The van der Waals surface area contributed by atoms with Crippen molar-refractivity contribution in [3.8, 4) is 5.69 Å². The summed E-state index contributed by atoms with van der Waals surface area (Å²) in [7, 11) is 0. The van der Waals surface area contributed by atoms with Gasteiger partial charge in [0.25, 0.3) is 5.91 Å². The quantitative estimate of drug-likeness (QED) is 0.533. The second-order valence-corrected chi connectivity index (χ2v) is 8.00. The van der Waals surface area contributed by atoms with Crippen molar-refractivity contribution in [1.82, 2.24) is 20.0 Å². The molecule has 2 heterocycles. The minimum Gasteiger partial charge on any atom is -0.296 e. The lowest BCUT2D eigenvalue weighted by molar-refractivity contribution is 0.102. The van der Waals surface area contributed by atoms with Crippen molar-refractivity contribution in [3.05, 3.63) is 87.7 Å². The van der Waals surface area contributed by atoms with Gasteiger partial charge in [0.05, 0.1) is 17.1 Å². The van der Waals surface area contributed by atoms with E-state index >= 15 is 0 Å². The molecule has 0 atom stereocenters. The molecule has 0 saturated heterocycles. The van der Waals surface area contributed by atoms with Gasteiger partial charge < -0.3 is 0 Å². The van der Waals surface area contributed by atoms with Gasteiger partial charge in [-0.3, -0.25) is 10.1 Å². The average Bonchev–Trinajstić information content (AvgIpc) is 3.25. The van der Waals surface area contributed by atoms with E-state index in [1.165, 1.54) is 16.9 Å². The highest BCUT2D eigenvalue weighted by Gasteiger charge is 2.19. The van der Waals surface area contributed by atoms with Gasteiger partial charge >= 0.3 is 0 Å². The average molecular weight is 404 g/mol. The number of carbonyl (C=O) groups is 1. The summed E-state index contributed by atoms with van der Waals surface area (Å²) in [6.07, 6.45) is 0.794. The van der Waals surface area contributed by atoms with Crippen LogP contribution in [0, 0.1) is 20.8 Å². The minimum absolute atomic E-state index is 0.295. The Bertz CT molecular complexity index is 1160. The van der Waals surface area contributed by atoms with E-state index in [0.717, 1.165) is 28.2 Å². The van der Waals surface area contributed by atoms with Crippen LogP contribution in [-0.4, -0.2) is 25.9 Å². The third-order valence-electron chi connectivity index (χ3n) is 4.68. The summed E-state index contributed by atoms with van der Waals surface area (Å²) in [6, 6.07) is 18.1. The van der Waals surface area contributed by atoms with Gasteiger partial charge in [0.2, 0.25) is 0 Å². The Morgan fingerprint density at radius 3 is 2.62 bits per heavy atom. The smallest absolute Gasteiger partial charge is 0.279 e. The Morgan fingerprint density at radius 1 is 1.07 bits per heavy atom. The van der Waals surface area contributed by atoms with Gasteiger partial charge in [-0.2, -0.15) is 0 Å². The number of carbonyl (C=O) groups excluding carboxylic acids is 1. The van der Waals surface area contributed by atoms with Crippen LogP contribution < -0.4 is 5.32 Å². The Labute approximate surface area is 173 Å². The number of aryl methyl sites for hydroxylation is 2. The second-order valence-electron chi connectivity index (χ2n) is 6.92. The molecule has 1 amide bonds. The highest BCUT2D eigenvalue weighted by Crippen LogP contribution is 2.26. The van der Waals surface area contributed by atoms with E-state index in [1.807, 2.05) is 63.2 Å². The Hall–Kier alpha value is -3.32. The van der Waals surface area contributed by atoms with Crippen LogP contribution in [0.4, 0.5) is 5.13 Å². The molecule has 4 rings (SSSR count). The summed E-state index contributed by atoms with van der Waals surface area (Å²) in [4.78, 5) is 18.4. The van der Waals surface area contributed by atoms with Crippen molar-refractivity contribution in [2.45, 2.75) is 27.2 Å². The van der Waals surface area contributed by atoms with Gasteiger partial charge in [0, 0.05) is 11.3 Å². The van der Waals surface area contributed by atoms with Gasteiger partial charge in [0.15, 0.2) is 10.8 Å². The Balaban J connectivity index is 1.52. The third-order valence-corrected chi connectivity index (χ3v) is 5.75. The molecule has 0 bridgehead atoms. The maximum Gasteiger partial charge on any atom is 0.279 e. The molecule has 2 aromatic carbocycles.